The molecule has 123 valence electrons. The first kappa shape index (κ1) is 26.5. The first-order valence-corrected chi connectivity index (χ1v) is 5.44. The third-order valence-corrected chi connectivity index (χ3v) is 2.14. The Kier molecular flexibility index (Phi) is 17.1. The predicted octanol–water partition coefficient (Wildman–Crippen LogP) is -7.79. The maximum atomic E-state index is 10.4. The third-order valence-electron chi connectivity index (χ3n) is 2.14. The molecule has 0 bridgehead atoms. The zero-order valence-corrected chi connectivity index (χ0v) is 14.6. The SMILES string of the molecule is O=C([O-])CN(CCN(CC(=O)[O-])CC(=O)[O-])CC(=O)[O-].[Ca+2].[Cu+2]. The van der Waals surface area contributed by atoms with E-state index in [1.807, 2.05) is 0 Å². The van der Waals surface area contributed by atoms with E-state index in [9.17, 15) is 39.6 Å². The van der Waals surface area contributed by atoms with Crippen molar-refractivity contribution in [1.82, 2.24) is 9.80 Å². The molecule has 22 heavy (non-hydrogen) atoms. The molecule has 0 aromatic heterocycles. The average molecular weight is 392 g/mol. The molecule has 10 nitrogen and oxygen atoms in total. The molecule has 0 aliphatic rings. The van der Waals surface area contributed by atoms with E-state index >= 15 is 0 Å². The fourth-order valence-corrected chi connectivity index (χ4v) is 1.44. The van der Waals surface area contributed by atoms with E-state index in [0.717, 1.165) is 9.80 Å². The quantitative estimate of drug-likeness (QED) is 0.308. The van der Waals surface area contributed by atoms with Gasteiger partial charge in [-0.1, -0.05) is 0 Å². The molecule has 12 heteroatoms. The van der Waals surface area contributed by atoms with Gasteiger partial charge in [0.15, 0.2) is 0 Å². The summed E-state index contributed by atoms with van der Waals surface area (Å²) in [5, 5.41) is 41.6. The van der Waals surface area contributed by atoms with Crippen molar-refractivity contribution in [2.45, 2.75) is 0 Å². The van der Waals surface area contributed by atoms with Gasteiger partial charge in [-0.05, 0) is 0 Å². The fraction of sp³-hybridized carbons (Fsp3) is 0.600. The van der Waals surface area contributed by atoms with Gasteiger partial charge in [-0.25, -0.2) is 0 Å². The number of hydrogen-bond acceptors (Lipinski definition) is 10. The Labute approximate surface area is 166 Å². The summed E-state index contributed by atoms with van der Waals surface area (Å²) in [5.74, 6) is -6.12. The Morgan fingerprint density at radius 3 is 0.909 bits per heavy atom. The van der Waals surface area contributed by atoms with Gasteiger partial charge in [-0.15, -0.1) is 0 Å². The zero-order chi connectivity index (χ0) is 15.7. The van der Waals surface area contributed by atoms with E-state index in [2.05, 4.69) is 0 Å². The molecule has 0 aromatic rings. The maximum absolute atomic E-state index is 10.4. The second-order valence-corrected chi connectivity index (χ2v) is 3.91. The van der Waals surface area contributed by atoms with E-state index in [1.165, 1.54) is 0 Å². The second kappa shape index (κ2) is 14.2. The number of rotatable bonds is 11. The van der Waals surface area contributed by atoms with Gasteiger partial charge in [0.1, 0.15) is 0 Å². The van der Waals surface area contributed by atoms with Crippen LogP contribution in [0.1, 0.15) is 0 Å². The number of hydrogen-bond donors (Lipinski definition) is 0. The molecular weight excluding hydrogens is 380 g/mol. The Morgan fingerprint density at radius 2 is 0.773 bits per heavy atom. The van der Waals surface area contributed by atoms with E-state index in [1.54, 1.807) is 0 Å². The number of carbonyl (C=O) groups excluding carboxylic acids is 4. The van der Waals surface area contributed by atoms with Crippen molar-refractivity contribution in [3.8, 4) is 0 Å². The standard InChI is InChI=1S/C10H16N2O8.Ca.Cu/c13-7(14)3-11(4-8(15)16)1-2-12(5-9(17)18)6-10(19)20;;/h1-6H2,(H,13,14)(H,15,16)(H,17,18)(H,19,20);;/q;2*+2/p-4. The Morgan fingerprint density at radius 1 is 0.591 bits per heavy atom. The predicted molar refractivity (Wildman–Crippen MR) is 58.7 cm³/mol. The van der Waals surface area contributed by atoms with E-state index in [-0.39, 0.29) is 67.9 Å². The summed E-state index contributed by atoms with van der Waals surface area (Å²) in [6.07, 6.45) is 0. The molecule has 0 N–H and O–H groups in total. The molecule has 0 saturated heterocycles. The maximum Gasteiger partial charge on any atom is 2.00 e. The normalized spacial score (nSPS) is 9.73. The van der Waals surface area contributed by atoms with Gasteiger partial charge in [-0.3, -0.25) is 9.80 Å². The summed E-state index contributed by atoms with van der Waals surface area (Å²) in [4.78, 5) is 43.4. The summed E-state index contributed by atoms with van der Waals surface area (Å²) < 4.78 is 0. The fourth-order valence-electron chi connectivity index (χ4n) is 1.44. The molecule has 0 aromatic carbocycles. The zero-order valence-electron chi connectivity index (χ0n) is 11.4. The van der Waals surface area contributed by atoms with Gasteiger partial charge < -0.3 is 39.6 Å². The molecule has 0 unspecified atom stereocenters. The third kappa shape index (κ3) is 16.0. The van der Waals surface area contributed by atoms with Crippen LogP contribution in [-0.2, 0) is 36.2 Å². The molecule has 0 aliphatic heterocycles. The van der Waals surface area contributed by atoms with Crippen molar-refractivity contribution in [1.29, 1.82) is 0 Å². The van der Waals surface area contributed by atoms with Gasteiger partial charge in [0, 0.05) is 39.3 Å². The van der Waals surface area contributed by atoms with E-state index in [0.29, 0.717) is 0 Å². The minimum atomic E-state index is -1.53. The molecule has 0 saturated carbocycles. The molecule has 0 rings (SSSR count). The summed E-state index contributed by atoms with van der Waals surface area (Å²) in [5.41, 5.74) is 0. The van der Waals surface area contributed by atoms with Gasteiger partial charge in [0.05, 0.1) is 23.9 Å². The molecule has 0 spiro atoms. The van der Waals surface area contributed by atoms with Gasteiger partial charge >= 0.3 is 54.8 Å². The van der Waals surface area contributed by atoms with Crippen molar-refractivity contribution in [3.05, 3.63) is 0 Å². The molecule has 0 atom stereocenters. The summed E-state index contributed by atoms with van der Waals surface area (Å²) in [6, 6.07) is 0. The largest absolute Gasteiger partial charge is 2.00 e. The Balaban J connectivity index is -0.00000180. The molecule has 0 heterocycles. The van der Waals surface area contributed by atoms with Crippen LogP contribution >= 0.6 is 0 Å². The average Bonchev–Trinajstić information content (AvgIpc) is 2.22. The monoisotopic (exact) mass is 391 g/mol. The number of carbonyl (C=O) groups is 4. The van der Waals surface area contributed by atoms with Crippen LogP contribution in [0.15, 0.2) is 0 Å². The van der Waals surface area contributed by atoms with Gasteiger partial charge in [-0.2, -0.15) is 0 Å². The summed E-state index contributed by atoms with van der Waals surface area (Å²) >= 11 is 0. The van der Waals surface area contributed by atoms with Gasteiger partial charge in [0.2, 0.25) is 0 Å². The number of nitrogens with zero attached hydrogens (tertiary/aromatic N) is 2. The van der Waals surface area contributed by atoms with Crippen molar-refractivity contribution in [2.75, 3.05) is 39.3 Å². The van der Waals surface area contributed by atoms with E-state index < -0.39 is 50.1 Å². The van der Waals surface area contributed by atoms with Crippen molar-refractivity contribution in [2.24, 2.45) is 0 Å². The van der Waals surface area contributed by atoms with Crippen molar-refractivity contribution in [3.63, 3.8) is 0 Å². The summed E-state index contributed by atoms with van der Waals surface area (Å²) in [7, 11) is 0. The van der Waals surface area contributed by atoms with E-state index in [4.69, 9.17) is 0 Å². The Bertz CT molecular complexity index is 327. The molecule has 1 radical (unpaired) electrons. The van der Waals surface area contributed by atoms with Crippen LogP contribution in [0.3, 0.4) is 0 Å². The van der Waals surface area contributed by atoms with Crippen molar-refractivity contribution >= 4 is 61.6 Å². The molecular formula is C10H12CaCuN2O8. The number of carboxylic acids is 4. The minimum absolute atomic E-state index is 0. The molecule has 0 fully saturated rings. The van der Waals surface area contributed by atoms with Crippen molar-refractivity contribution < 1.29 is 56.7 Å². The van der Waals surface area contributed by atoms with Crippen LogP contribution in [0.25, 0.3) is 0 Å². The van der Waals surface area contributed by atoms with Gasteiger partial charge in [0.25, 0.3) is 0 Å². The second-order valence-electron chi connectivity index (χ2n) is 3.91. The van der Waals surface area contributed by atoms with Crippen LogP contribution in [-0.4, -0.2) is 111 Å². The first-order chi connectivity index (χ1) is 9.20. The van der Waals surface area contributed by atoms with Crippen LogP contribution in [0.5, 0.6) is 0 Å². The van der Waals surface area contributed by atoms with Crippen LogP contribution in [0.4, 0.5) is 0 Å². The summed E-state index contributed by atoms with van der Waals surface area (Å²) in [6.45, 7) is -3.25. The minimum Gasteiger partial charge on any atom is -0.549 e. The number of carboxylic acid groups (broad SMARTS) is 4. The van der Waals surface area contributed by atoms with Crippen LogP contribution in [0.2, 0.25) is 0 Å². The Hall–Kier alpha value is -0.421. The number of aliphatic carboxylic acids is 4. The topological polar surface area (TPSA) is 167 Å². The smallest absolute Gasteiger partial charge is 0.549 e. The molecule has 0 aliphatic carbocycles. The van der Waals surface area contributed by atoms with Crippen LogP contribution in [0, 0.1) is 0 Å². The van der Waals surface area contributed by atoms with Crippen LogP contribution < -0.4 is 20.4 Å². The molecule has 0 amide bonds. The first-order valence-electron chi connectivity index (χ1n) is 5.44.